The van der Waals surface area contributed by atoms with E-state index in [9.17, 15) is 0 Å². The highest BCUT2D eigenvalue weighted by Gasteiger charge is 2.07. The molecule has 0 fully saturated rings. The van der Waals surface area contributed by atoms with Crippen LogP contribution in [0, 0.1) is 11.3 Å². The Labute approximate surface area is 144 Å². The Hall–Kier alpha value is -2.28. The lowest BCUT2D eigenvalue weighted by molar-refractivity contribution is 0.740. The van der Waals surface area contributed by atoms with E-state index in [1.807, 2.05) is 42.6 Å². The molecule has 0 aliphatic rings. The second kappa shape index (κ2) is 6.87. The largest absolute Gasteiger partial charge is 0.330 e. The van der Waals surface area contributed by atoms with Crippen LogP contribution in [0.2, 0.25) is 10.0 Å². The van der Waals surface area contributed by atoms with Crippen LogP contribution in [0.3, 0.4) is 0 Å². The summed E-state index contributed by atoms with van der Waals surface area (Å²) in [7, 11) is 0. The molecular weight excluding hydrogens is 329 g/mol. The fourth-order valence-corrected chi connectivity index (χ4v) is 3.00. The molecule has 0 N–H and O–H groups in total. The highest BCUT2D eigenvalue weighted by molar-refractivity contribution is 6.34. The molecule has 0 amide bonds. The lowest BCUT2D eigenvalue weighted by Gasteiger charge is -2.09. The van der Waals surface area contributed by atoms with E-state index in [2.05, 4.69) is 15.6 Å². The van der Waals surface area contributed by atoms with Gasteiger partial charge in [0.25, 0.3) is 0 Å². The van der Waals surface area contributed by atoms with Gasteiger partial charge in [-0.1, -0.05) is 35.3 Å². The van der Waals surface area contributed by atoms with Gasteiger partial charge in [-0.3, -0.25) is 0 Å². The van der Waals surface area contributed by atoms with E-state index < -0.39 is 0 Å². The zero-order chi connectivity index (χ0) is 16.2. The van der Waals surface area contributed by atoms with E-state index in [0.29, 0.717) is 28.6 Å². The molecule has 5 heteroatoms. The molecule has 0 bridgehead atoms. The van der Waals surface area contributed by atoms with Crippen molar-refractivity contribution in [1.82, 2.24) is 9.55 Å². The van der Waals surface area contributed by atoms with E-state index in [1.54, 1.807) is 12.3 Å². The van der Waals surface area contributed by atoms with Crippen LogP contribution in [0.25, 0.3) is 0 Å². The fraction of sp³-hybridized carbons (Fsp3) is 0.111. The third-order valence-corrected chi connectivity index (χ3v) is 3.96. The highest BCUT2D eigenvalue weighted by atomic mass is 35.5. The molecular formula is C18H13Cl2N3. The van der Waals surface area contributed by atoms with Gasteiger partial charge in [0.15, 0.2) is 0 Å². The van der Waals surface area contributed by atoms with Gasteiger partial charge in [-0.25, -0.2) is 4.98 Å². The van der Waals surface area contributed by atoms with Crippen molar-refractivity contribution in [2.24, 2.45) is 0 Å². The Morgan fingerprint density at radius 3 is 2.35 bits per heavy atom. The van der Waals surface area contributed by atoms with Gasteiger partial charge in [-0.15, -0.1) is 0 Å². The van der Waals surface area contributed by atoms with Crippen molar-refractivity contribution in [1.29, 1.82) is 5.26 Å². The predicted octanol–water partition coefficient (Wildman–Crippen LogP) is 4.70. The van der Waals surface area contributed by atoms with Crippen molar-refractivity contribution in [2.75, 3.05) is 0 Å². The molecule has 0 radical (unpaired) electrons. The highest BCUT2D eigenvalue weighted by Crippen LogP contribution is 2.21. The van der Waals surface area contributed by atoms with Crippen molar-refractivity contribution >= 4 is 23.2 Å². The van der Waals surface area contributed by atoms with Crippen LogP contribution in [0.1, 0.15) is 22.5 Å². The minimum atomic E-state index is 0.623. The normalized spacial score (nSPS) is 10.5. The minimum Gasteiger partial charge on any atom is -0.330 e. The molecule has 0 saturated carbocycles. The van der Waals surface area contributed by atoms with Gasteiger partial charge in [0, 0.05) is 35.4 Å². The predicted molar refractivity (Wildman–Crippen MR) is 91.8 cm³/mol. The van der Waals surface area contributed by atoms with Gasteiger partial charge in [0.05, 0.1) is 11.6 Å². The zero-order valence-corrected chi connectivity index (χ0v) is 13.7. The van der Waals surface area contributed by atoms with E-state index in [0.717, 1.165) is 17.0 Å². The maximum Gasteiger partial charge on any atom is 0.113 e. The first-order chi connectivity index (χ1) is 11.1. The summed E-state index contributed by atoms with van der Waals surface area (Å²) in [5.41, 5.74) is 2.80. The summed E-state index contributed by atoms with van der Waals surface area (Å²) in [6.45, 7) is 0.704. The molecule has 0 aliphatic heterocycles. The maximum atomic E-state index is 8.85. The van der Waals surface area contributed by atoms with E-state index in [4.69, 9.17) is 28.5 Å². The molecule has 3 aromatic rings. The van der Waals surface area contributed by atoms with Crippen molar-refractivity contribution in [3.8, 4) is 6.07 Å². The van der Waals surface area contributed by atoms with Crippen LogP contribution < -0.4 is 0 Å². The second-order valence-corrected chi connectivity index (χ2v) is 6.11. The van der Waals surface area contributed by atoms with Gasteiger partial charge in [0.2, 0.25) is 0 Å². The molecule has 3 rings (SSSR count). The van der Waals surface area contributed by atoms with Crippen molar-refractivity contribution in [3.63, 3.8) is 0 Å². The topological polar surface area (TPSA) is 41.6 Å². The van der Waals surface area contributed by atoms with Gasteiger partial charge >= 0.3 is 0 Å². The molecule has 114 valence electrons. The first-order valence-corrected chi connectivity index (χ1v) is 7.83. The Bertz CT molecular complexity index is 840. The first kappa shape index (κ1) is 15.6. The molecule has 3 nitrogen and oxygen atoms in total. The maximum absolute atomic E-state index is 8.85. The van der Waals surface area contributed by atoms with E-state index in [1.165, 1.54) is 0 Å². The number of nitrogens with zero attached hydrogens (tertiary/aromatic N) is 3. The number of aromatic nitrogens is 2. The Morgan fingerprint density at radius 2 is 1.70 bits per heavy atom. The summed E-state index contributed by atoms with van der Waals surface area (Å²) in [5, 5.41) is 10.1. The van der Waals surface area contributed by atoms with Gasteiger partial charge in [-0.2, -0.15) is 5.26 Å². The molecule has 0 unspecified atom stereocenters. The lowest BCUT2D eigenvalue weighted by atomic mass is 10.1. The molecule has 0 aliphatic carbocycles. The van der Waals surface area contributed by atoms with Crippen LogP contribution in [-0.2, 0) is 13.0 Å². The summed E-state index contributed by atoms with van der Waals surface area (Å²) in [4.78, 5) is 4.43. The quantitative estimate of drug-likeness (QED) is 0.690. The Balaban J connectivity index is 1.80. The number of benzene rings is 2. The molecule has 1 heterocycles. The van der Waals surface area contributed by atoms with Crippen LogP contribution in [0.5, 0.6) is 0 Å². The number of rotatable bonds is 4. The molecule has 0 atom stereocenters. The molecule has 23 heavy (non-hydrogen) atoms. The number of nitriles is 1. The monoisotopic (exact) mass is 341 g/mol. The fourth-order valence-electron chi connectivity index (χ4n) is 2.43. The molecule has 2 aromatic carbocycles. The molecule has 0 spiro atoms. The van der Waals surface area contributed by atoms with E-state index in [-0.39, 0.29) is 0 Å². The smallest absolute Gasteiger partial charge is 0.113 e. The van der Waals surface area contributed by atoms with Gasteiger partial charge in [0.1, 0.15) is 5.82 Å². The summed E-state index contributed by atoms with van der Waals surface area (Å²) in [6.07, 6.45) is 4.38. The van der Waals surface area contributed by atoms with Crippen molar-refractivity contribution in [2.45, 2.75) is 13.0 Å². The third-order valence-electron chi connectivity index (χ3n) is 3.52. The standard InChI is InChI=1S/C18H13Cl2N3/c19-16-7-15(8-17(20)10-16)9-18-22-5-6-23(18)12-14-3-1-13(11-21)2-4-14/h1-8,10H,9,12H2. The summed E-state index contributed by atoms with van der Waals surface area (Å²) < 4.78 is 2.08. The Morgan fingerprint density at radius 1 is 1.00 bits per heavy atom. The summed E-state index contributed by atoms with van der Waals surface area (Å²) in [5.74, 6) is 0.938. The Kier molecular flexibility index (Phi) is 4.66. The molecule has 1 aromatic heterocycles. The van der Waals surface area contributed by atoms with Gasteiger partial charge < -0.3 is 4.57 Å². The van der Waals surface area contributed by atoms with Crippen LogP contribution in [-0.4, -0.2) is 9.55 Å². The number of hydrogen-bond acceptors (Lipinski definition) is 2. The average molecular weight is 342 g/mol. The second-order valence-electron chi connectivity index (χ2n) is 5.23. The first-order valence-electron chi connectivity index (χ1n) is 7.08. The van der Waals surface area contributed by atoms with Crippen molar-refractivity contribution < 1.29 is 0 Å². The minimum absolute atomic E-state index is 0.623. The zero-order valence-electron chi connectivity index (χ0n) is 12.2. The van der Waals surface area contributed by atoms with Crippen LogP contribution in [0.15, 0.2) is 54.9 Å². The van der Waals surface area contributed by atoms with Crippen molar-refractivity contribution in [3.05, 3.63) is 87.4 Å². The summed E-state index contributed by atoms with van der Waals surface area (Å²) in [6, 6.07) is 15.2. The number of imidazole rings is 1. The van der Waals surface area contributed by atoms with Crippen LogP contribution in [0.4, 0.5) is 0 Å². The molecule has 0 saturated heterocycles. The van der Waals surface area contributed by atoms with Crippen LogP contribution >= 0.6 is 23.2 Å². The summed E-state index contributed by atoms with van der Waals surface area (Å²) >= 11 is 12.1. The third kappa shape index (κ3) is 3.92. The van der Waals surface area contributed by atoms with E-state index >= 15 is 0 Å². The van der Waals surface area contributed by atoms with Gasteiger partial charge in [-0.05, 0) is 41.5 Å². The number of hydrogen-bond donors (Lipinski definition) is 0. The number of halogens is 2. The SMILES string of the molecule is N#Cc1ccc(Cn2ccnc2Cc2cc(Cl)cc(Cl)c2)cc1. The average Bonchev–Trinajstić information content (AvgIpc) is 2.94. The lowest BCUT2D eigenvalue weighted by Crippen LogP contribution is -2.05.